The van der Waals surface area contributed by atoms with E-state index >= 15 is 0 Å². The number of amides is 1. The van der Waals surface area contributed by atoms with Gasteiger partial charge in [0, 0.05) is 17.9 Å². The highest BCUT2D eigenvalue weighted by molar-refractivity contribution is 7.90. The van der Waals surface area contributed by atoms with E-state index in [0.29, 0.717) is 11.5 Å². The predicted octanol–water partition coefficient (Wildman–Crippen LogP) is 3.00. The van der Waals surface area contributed by atoms with Crippen molar-refractivity contribution in [1.29, 1.82) is 0 Å². The van der Waals surface area contributed by atoms with Crippen LogP contribution in [0.5, 0.6) is 11.5 Å². The summed E-state index contributed by atoms with van der Waals surface area (Å²) in [5.41, 5.74) is 1.53. The van der Waals surface area contributed by atoms with Crippen molar-refractivity contribution in [3.8, 4) is 11.5 Å². The first-order valence-corrected chi connectivity index (χ1v) is 10.1. The lowest BCUT2D eigenvalue weighted by Crippen LogP contribution is -2.24. The van der Waals surface area contributed by atoms with Gasteiger partial charge in [-0.1, -0.05) is 24.3 Å². The van der Waals surface area contributed by atoms with Crippen molar-refractivity contribution in [1.82, 2.24) is 5.32 Å². The Morgan fingerprint density at radius 1 is 1.07 bits per heavy atom. The van der Waals surface area contributed by atoms with Gasteiger partial charge < -0.3 is 14.8 Å². The first-order chi connectivity index (χ1) is 12.8. The molecule has 0 heterocycles. The molecule has 2 aromatic rings. The Bertz CT molecular complexity index is 933. The summed E-state index contributed by atoms with van der Waals surface area (Å²) in [5, 5.41) is 2.84. The highest BCUT2D eigenvalue weighted by atomic mass is 32.2. The standard InChI is InChI=1S/C20H23NO5S/c1-14(15-8-11-17(12-9-15)27(4,23)24)21-19(22)13-10-16-6-5-7-18(25-2)20(16)26-3/h5-14H,1-4H3,(H,21,22)/b13-10+/t14-/m1/s1. The number of methoxy groups -OCH3 is 2. The van der Waals surface area contributed by atoms with E-state index in [0.717, 1.165) is 17.4 Å². The minimum Gasteiger partial charge on any atom is -0.493 e. The summed E-state index contributed by atoms with van der Waals surface area (Å²) in [6.45, 7) is 1.83. The van der Waals surface area contributed by atoms with Gasteiger partial charge in [-0.15, -0.1) is 0 Å². The van der Waals surface area contributed by atoms with Gasteiger partial charge in [0.15, 0.2) is 21.3 Å². The maximum absolute atomic E-state index is 12.2. The topological polar surface area (TPSA) is 81.7 Å². The molecule has 144 valence electrons. The third kappa shape index (κ3) is 5.34. The molecular weight excluding hydrogens is 366 g/mol. The zero-order chi connectivity index (χ0) is 20.0. The summed E-state index contributed by atoms with van der Waals surface area (Å²) in [6.07, 6.45) is 4.22. The molecule has 2 rings (SSSR count). The van der Waals surface area contributed by atoms with E-state index in [1.807, 2.05) is 19.1 Å². The third-order valence-corrected chi connectivity index (χ3v) is 5.14. The van der Waals surface area contributed by atoms with Crippen molar-refractivity contribution in [3.63, 3.8) is 0 Å². The number of sulfone groups is 1. The summed E-state index contributed by atoms with van der Waals surface area (Å²) in [7, 11) is -0.151. The summed E-state index contributed by atoms with van der Waals surface area (Å²) >= 11 is 0. The number of nitrogens with one attached hydrogen (secondary N) is 1. The van der Waals surface area contributed by atoms with Crippen LogP contribution in [0.1, 0.15) is 24.1 Å². The first kappa shape index (κ1) is 20.5. The van der Waals surface area contributed by atoms with Crippen molar-refractivity contribution in [2.45, 2.75) is 17.9 Å². The zero-order valence-electron chi connectivity index (χ0n) is 15.7. The summed E-state index contributed by atoms with van der Waals surface area (Å²) < 4.78 is 33.6. The lowest BCUT2D eigenvalue weighted by Gasteiger charge is -2.13. The molecule has 7 heteroatoms. The average Bonchev–Trinajstić information content (AvgIpc) is 2.65. The monoisotopic (exact) mass is 389 g/mol. The summed E-state index contributed by atoms with van der Waals surface area (Å²) in [4.78, 5) is 12.5. The Kier molecular flexibility index (Phi) is 6.63. The minimum atomic E-state index is -3.24. The van der Waals surface area contributed by atoms with Gasteiger partial charge in [0.25, 0.3) is 0 Å². The number of carbonyl (C=O) groups is 1. The fraction of sp³-hybridized carbons (Fsp3) is 0.250. The molecule has 6 nitrogen and oxygen atoms in total. The van der Waals surface area contributed by atoms with E-state index in [-0.39, 0.29) is 16.8 Å². The van der Waals surface area contributed by atoms with Crippen LogP contribution >= 0.6 is 0 Å². The minimum absolute atomic E-state index is 0.245. The van der Waals surface area contributed by atoms with Crippen molar-refractivity contribution in [3.05, 3.63) is 59.7 Å². The zero-order valence-corrected chi connectivity index (χ0v) is 16.5. The Morgan fingerprint density at radius 3 is 2.30 bits per heavy atom. The van der Waals surface area contributed by atoms with Crippen LogP contribution in [0.4, 0.5) is 0 Å². The number of hydrogen-bond acceptors (Lipinski definition) is 5. The van der Waals surface area contributed by atoms with Gasteiger partial charge in [-0.2, -0.15) is 0 Å². The Labute approximate surface area is 159 Å². The molecule has 0 saturated heterocycles. The number of ether oxygens (including phenoxy) is 2. The van der Waals surface area contributed by atoms with E-state index in [4.69, 9.17) is 9.47 Å². The maximum atomic E-state index is 12.2. The van der Waals surface area contributed by atoms with Gasteiger partial charge >= 0.3 is 0 Å². The van der Waals surface area contributed by atoms with Crippen molar-refractivity contribution >= 4 is 21.8 Å². The van der Waals surface area contributed by atoms with Crippen LogP contribution in [0.25, 0.3) is 6.08 Å². The molecule has 0 aliphatic heterocycles. The number of para-hydroxylation sites is 1. The predicted molar refractivity (Wildman–Crippen MR) is 105 cm³/mol. The van der Waals surface area contributed by atoms with E-state index < -0.39 is 9.84 Å². The van der Waals surface area contributed by atoms with E-state index in [2.05, 4.69) is 5.32 Å². The number of benzene rings is 2. The first-order valence-electron chi connectivity index (χ1n) is 8.26. The van der Waals surface area contributed by atoms with Gasteiger partial charge in [0.05, 0.1) is 25.2 Å². The van der Waals surface area contributed by atoms with Crippen LogP contribution in [-0.4, -0.2) is 34.8 Å². The summed E-state index contributed by atoms with van der Waals surface area (Å²) in [5.74, 6) is 0.854. The van der Waals surface area contributed by atoms with Crippen LogP contribution in [-0.2, 0) is 14.6 Å². The second-order valence-electron chi connectivity index (χ2n) is 5.99. The fourth-order valence-corrected chi connectivity index (χ4v) is 3.19. The van der Waals surface area contributed by atoms with Crippen LogP contribution in [0, 0.1) is 0 Å². The molecule has 0 unspecified atom stereocenters. The maximum Gasteiger partial charge on any atom is 0.244 e. The average molecular weight is 389 g/mol. The second kappa shape index (κ2) is 8.73. The van der Waals surface area contributed by atoms with Crippen molar-refractivity contribution < 1.29 is 22.7 Å². The second-order valence-corrected chi connectivity index (χ2v) is 8.00. The highest BCUT2D eigenvalue weighted by Gasteiger charge is 2.11. The molecule has 0 fully saturated rings. The largest absolute Gasteiger partial charge is 0.493 e. The van der Waals surface area contributed by atoms with Crippen LogP contribution in [0.2, 0.25) is 0 Å². The van der Waals surface area contributed by atoms with Crippen LogP contribution in [0.15, 0.2) is 53.4 Å². The van der Waals surface area contributed by atoms with Gasteiger partial charge in [0.2, 0.25) is 5.91 Å². The Hall–Kier alpha value is -2.80. The molecule has 1 amide bonds. The molecular formula is C20H23NO5S. The lowest BCUT2D eigenvalue weighted by molar-refractivity contribution is -0.117. The molecule has 1 N–H and O–H groups in total. The molecule has 0 aliphatic rings. The molecule has 0 aliphatic carbocycles. The quantitative estimate of drug-likeness (QED) is 0.736. The molecule has 0 spiro atoms. The molecule has 1 atom stereocenters. The van der Waals surface area contributed by atoms with Crippen molar-refractivity contribution in [2.24, 2.45) is 0 Å². The Morgan fingerprint density at radius 2 is 1.74 bits per heavy atom. The van der Waals surface area contributed by atoms with Crippen LogP contribution in [0.3, 0.4) is 0 Å². The van der Waals surface area contributed by atoms with Crippen LogP contribution < -0.4 is 14.8 Å². The smallest absolute Gasteiger partial charge is 0.244 e. The van der Waals surface area contributed by atoms with Gasteiger partial charge in [-0.25, -0.2) is 8.42 Å². The van der Waals surface area contributed by atoms with E-state index in [1.165, 1.54) is 25.3 Å². The SMILES string of the molecule is COc1cccc(/C=C/C(=O)N[C@H](C)c2ccc(S(C)(=O)=O)cc2)c1OC. The fourth-order valence-electron chi connectivity index (χ4n) is 2.56. The molecule has 2 aromatic carbocycles. The van der Waals surface area contributed by atoms with E-state index in [9.17, 15) is 13.2 Å². The molecule has 0 bridgehead atoms. The highest BCUT2D eigenvalue weighted by Crippen LogP contribution is 2.31. The third-order valence-electron chi connectivity index (χ3n) is 4.01. The molecule has 0 radical (unpaired) electrons. The molecule has 0 saturated carbocycles. The van der Waals surface area contributed by atoms with E-state index in [1.54, 1.807) is 31.4 Å². The van der Waals surface area contributed by atoms with Crippen molar-refractivity contribution in [2.75, 3.05) is 20.5 Å². The lowest BCUT2D eigenvalue weighted by atomic mass is 10.1. The molecule has 27 heavy (non-hydrogen) atoms. The molecule has 0 aromatic heterocycles. The van der Waals surface area contributed by atoms with Gasteiger partial charge in [-0.3, -0.25) is 4.79 Å². The van der Waals surface area contributed by atoms with Gasteiger partial charge in [0.1, 0.15) is 0 Å². The number of carbonyl (C=O) groups excluding carboxylic acids is 1. The number of rotatable bonds is 7. The normalized spacial score (nSPS) is 12.6. The summed E-state index contributed by atoms with van der Waals surface area (Å²) in [6, 6.07) is 11.6. The number of hydrogen-bond donors (Lipinski definition) is 1. The van der Waals surface area contributed by atoms with Gasteiger partial charge in [-0.05, 0) is 36.8 Å². The Balaban J connectivity index is 2.08.